The number of benzene rings is 1. The van der Waals surface area contributed by atoms with E-state index >= 15 is 0 Å². The first-order valence-corrected chi connectivity index (χ1v) is 6.28. The molecule has 1 amide bonds. The van der Waals surface area contributed by atoms with Gasteiger partial charge in [-0.05, 0) is 29.7 Å². The third-order valence-corrected chi connectivity index (χ3v) is 3.13. The van der Waals surface area contributed by atoms with Crippen LogP contribution in [-0.4, -0.2) is 20.5 Å². The van der Waals surface area contributed by atoms with Crippen molar-refractivity contribution in [3.63, 3.8) is 0 Å². The standard InChI is InChI=1S/C12H8N4O2S/c17-11-7-3-1-2-4-8(7)14-15-10(11)12(18)13-9-5-6-19-16-9/h1-6H,(H,14,17)(H,13,16,18). The fraction of sp³-hybridized carbons (Fsp3) is 0. The van der Waals surface area contributed by atoms with E-state index in [1.54, 1.807) is 35.7 Å². The molecule has 3 rings (SSSR count). The molecule has 7 heteroatoms. The maximum absolute atomic E-state index is 12.1. The highest BCUT2D eigenvalue weighted by Gasteiger charge is 2.15. The molecule has 0 aliphatic carbocycles. The molecule has 0 fully saturated rings. The number of nitrogens with one attached hydrogen (secondary N) is 2. The molecule has 94 valence electrons. The average Bonchev–Trinajstić information content (AvgIpc) is 2.92. The van der Waals surface area contributed by atoms with E-state index < -0.39 is 11.3 Å². The second-order valence-corrected chi connectivity index (χ2v) is 4.45. The lowest BCUT2D eigenvalue weighted by Gasteiger charge is -2.02. The summed E-state index contributed by atoms with van der Waals surface area (Å²) in [5.74, 6) is -0.165. The van der Waals surface area contributed by atoms with Crippen molar-refractivity contribution in [3.8, 4) is 0 Å². The number of H-pyrrole nitrogens is 1. The van der Waals surface area contributed by atoms with Crippen molar-refractivity contribution in [1.29, 1.82) is 0 Å². The summed E-state index contributed by atoms with van der Waals surface area (Å²) in [5, 5.41) is 11.2. The Balaban J connectivity index is 2.03. The summed E-state index contributed by atoms with van der Waals surface area (Å²) >= 11 is 1.21. The summed E-state index contributed by atoms with van der Waals surface area (Å²) in [4.78, 5) is 24.1. The Bertz CT molecular complexity index is 795. The summed E-state index contributed by atoms with van der Waals surface area (Å²) in [6.07, 6.45) is 0. The fourth-order valence-corrected chi connectivity index (χ4v) is 2.15. The van der Waals surface area contributed by atoms with Crippen LogP contribution in [0.25, 0.3) is 10.9 Å². The van der Waals surface area contributed by atoms with Gasteiger partial charge in [-0.2, -0.15) is 9.47 Å². The van der Waals surface area contributed by atoms with Crippen molar-refractivity contribution in [2.75, 3.05) is 5.32 Å². The first kappa shape index (κ1) is 11.5. The molecule has 0 aliphatic rings. The van der Waals surface area contributed by atoms with Crippen LogP contribution in [0.5, 0.6) is 0 Å². The smallest absolute Gasteiger partial charge is 0.281 e. The summed E-state index contributed by atoms with van der Waals surface area (Å²) in [6, 6.07) is 8.55. The zero-order valence-corrected chi connectivity index (χ0v) is 10.4. The van der Waals surface area contributed by atoms with Gasteiger partial charge in [0.2, 0.25) is 5.43 Å². The number of fused-ring (bicyclic) bond motifs is 1. The quantitative estimate of drug-likeness (QED) is 0.742. The zero-order valence-electron chi connectivity index (χ0n) is 9.58. The van der Waals surface area contributed by atoms with Crippen LogP contribution in [0.3, 0.4) is 0 Å². The number of amides is 1. The van der Waals surface area contributed by atoms with Crippen LogP contribution in [0, 0.1) is 0 Å². The summed E-state index contributed by atoms with van der Waals surface area (Å²) < 4.78 is 3.94. The van der Waals surface area contributed by atoms with E-state index in [2.05, 4.69) is 19.9 Å². The minimum absolute atomic E-state index is 0.174. The molecule has 6 nitrogen and oxygen atoms in total. The third-order valence-electron chi connectivity index (χ3n) is 2.57. The second kappa shape index (κ2) is 4.62. The Morgan fingerprint density at radius 2 is 2.11 bits per heavy atom. The lowest BCUT2D eigenvalue weighted by atomic mass is 10.2. The highest BCUT2D eigenvalue weighted by Crippen LogP contribution is 2.08. The molecule has 0 saturated carbocycles. The maximum Gasteiger partial charge on any atom is 0.281 e. The van der Waals surface area contributed by atoms with Crippen LogP contribution < -0.4 is 10.7 Å². The molecule has 0 saturated heterocycles. The predicted molar refractivity (Wildman–Crippen MR) is 72.4 cm³/mol. The number of nitrogens with zero attached hydrogens (tertiary/aromatic N) is 2. The van der Waals surface area contributed by atoms with E-state index in [1.807, 2.05) is 0 Å². The van der Waals surface area contributed by atoms with Crippen molar-refractivity contribution in [1.82, 2.24) is 14.6 Å². The molecule has 2 heterocycles. The van der Waals surface area contributed by atoms with E-state index in [1.165, 1.54) is 11.5 Å². The number of carbonyl (C=O) groups excluding carboxylic acids is 1. The van der Waals surface area contributed by atoms with E-state index in [9.17, 15) is 9.59 Å². The molecule has 1 aromatic carbocycles. The van der Waals surface area contributed by atoms with E-state index in [0.29, 0.717) is 16.7 Å². The summed E-state index contributed by atoms with van der Waals surface area (Å²) in [5.41, 5.74) is 0.0199. The van der Waals surface area contributed by atoms with Crippen LogP contribution in [0.4, 0.5) is 5.82 Å². The van der Waals surface area contributed by atoms with Crippen molar-refractivity contribution in [3.05, 3.63) is 51.6 Å². The summed E-state index contributed by atoms with van der Waals surface area (Å²) in [7, 11) is 0. The number of carbonyl (C=O) groups is 1. The zero-order chi connectivity index (χ0) is 13.2. The van der Waals surface area contributed by atoms with Crippen LogP contribution in [-0.2, 0) is 0 Å². The number of para-hydroxylation sites is 1. The maximum atomic E-state index is 12.1. The highest BCUT2D eigenvalue weighted by atomic mass is 32.1. The third kappa shape index (κ3) is 2.11. The monoisotopic (exact) mass is 272 g/mol. The minimum atomic E-state index is -0.571. The molecule has 19 heavy (non-hydrogen) atoms. The van der Waals surface area contributed by atoms with Crippen LogP contribution in [0.15, 0.2) is 40.5 Å². The molecule has 0 atom stereocenters. The Morgan fingerprint density at radius 3 is 2.89 bits per heavy atom. The number of aromatic amines is 1. The molecule has 0 unspecified atom stereocenters. The number of rotatable bonds is 2. The molecular formula is C12H8N4O2S. The molecule has 2 N–H and O–H groups in total. The fourth-order valence-electron chi connectivity index (χ4n) is 1.68. The van der Waals surface area contributed by atoms with Crippen LogP contribution >= 0.6 is 11.5 Å². The van der Waals surface area contributed by atoms with Crippen molar-refractivity contribution >= 4 is 34.2 Å². The normalized spacial score (nSPS) is 10.5. The lowest BCUT2D eigenvalue weighted by Crippen LogP contribution is -2.24. The van der Waals surface area contributed by atoms with Crippen LogP contribution in [0.2, 0.25) is 0 Å². The minimum Gasteiger partial charge on any atom is -0.304 e. The largest absolute Gasteiger partial charge is 0.304 e. The summed E-state index contributed by atoms with van der Waals surface area (Å²) in [6.45, 7) is 0. The van der Waals surface area contributed by atoms with Crippen molar-refractivity contribution < 1.29 is 4.79 Å². The Morgan fingerprint density at radius 1 is 1.26 bits per heavy atom. The number of hydrogen-bond acceptors (Lipinski definition) is 5. The van der Waals surface area contributed by atoms with Gasteiger partial charge in [-0.25, -0.2) is 0 Å². The van der Waals surface area contributed by atoms with Gasteiger partial charge in [0.25, 0.3) is 5.91 Å². The van der Waals surface area contributed by atoms with E-state index in [4.69, 9.17) is 0 Å². The average molecular weight is 272 g/mol. The second-order valence-electron chi connectivity index (χ2n) is 3.79. The van der Waals surface area contributed by atoms with Crippen LogP contribution in [0.1, 0.15) is 10.5 Å². The topological polar surface area (TPSA) is 87.7 Å². The molecule has 0 radical (unpaired) electrons. The molecule has 0 bridgehead atoms. The molecular weight excluding hydrogens is 264 g/mol. The van der Waals surface area contributed by atoms with Gasteiger partial charge in [-0.3, -0.25) is 14.7 Å². The molecule has 0 spiro atoms. The van der Waals surface area contributed by atoms with Gasteiger partial charge in [0.1, 0.15) is 5.82 Å². The SMILES string of the molecule is O=C(Nc1ccsn1)c1n[nH]c2ccccc2c1=O. The number of aromatic nitrogens is 3. The highest BCUT2D eigenvalue weighted by molar-refractivity contribution is 7.03. The Hall–Kier alpha value is -2.54. The van der Waals surface area contributed by atoms with Crippen molar-refractivity contribution in [2.24, 2.45) is 0 Å². The van der Waals surface area contributed by atoms with Gasteiger partial charge in [-0.1, -0.05) is 12.1 Å². The molecule has 2 aromatic heterocycles. The van der Waals surface area contributed by atoms with Gasteiger partial charge >= 0.3 is 0 Å². The molecule has 3 aromatic rings. The van der Waals surface area contributed by atoms with Gasteiger partial charge in [0, 0.05) is 10.8 Å². The van der Waals surface area contributed by atoms with Gasteiger partial charge in [0.15, 0.2) is 5.69 Å². The number of anilines is 1. The van der Waals surface area contributed by atoms with E-state index in [-0.39, 0.29) is 5.69 Å². The molecule has 0 aliphatic heterocycles. The number of hydrogen-bond donors (Lipinski definition) is 2. The van der Waals surface area contributed by atoms with Gasteiger partial charge in [0.05, 0.1) is 5.52 Å². The predicted octanol–water partition coefficient (Wildman–Crippen LogP) is 1.63. The Labute approximate surface area is 111 Å². The lowest BCUT2D eigenvalue weighted by molar-refractivity contribution is 0.102. The Kier molecular flexibility index (Phi) is 2.81. The first-order chi connectivity index (χ1) is 9.25. The first-order valence-electron chi connectivity index (χ1n) is 5.45. The van der Waals surface area contributed by atoms with Crippen molar-refractivity contribution in [2.45, 2.75) is 0 Å². The van der Waals surface area contributed by atoms with Gasteiger partial charge < -0.3 is 5.32 Å². The van der Waals surface area contributed by atoms with E-state index in [0.717, 1.165) is 0 Å². The van der Waals surface area contributed by atoms with Gasteiger partial charge in [-0.15, -0.1) is 0 Å².